The van der Waals surface area contributed by atoms with Crippen LogP contribution in [0.4, 0.5) is 0 Å². The van der Waals surface area contributed by atoms with E-state index in [1.165, 1.54) is 4.31 Å². The van der Waals surface area contributed by atoms with Crippen LogP contribution in [0.2, 0.25) is 0 Å². The van der Waals surface area contributed by atoms with Crippen LogP contribution in [0.5, 0.6) is 0 Å². The number of ether oxygens (including phenoxy) is 1. The second-order valence-electron chi connectivity index (χ2n) is 4.76. The van der Waals surface area contributed by atoms with E-state index in [1.54, 1.807) is 25.2 Å². The lowest BCUT2D eigenvalue weighted by Gasteiger charge is -2.23. The van der Waals surface area contributed by atoms with Gasteiger partial charge in [0.1, 0.15) is 0 Å². The molecule has 1 unspecified atom stereocenters. The smallest absolute Gasteiger partial charge is 0.243 e. The minimum atomic E-state index is -3.48. The van der Waals surface area contributed by atoms with Crippen LogP contribution in [0.1, 0.15) is 17.5 Å². The van der Waals surface area contributed by atoms with Gasteiger partial charge in [-0.15, -0.1) is 11.6 Å². The van der Waals surface area contributed by atoms with Gasteiger partial charge in [-0.05, 0) is 36.6 Å². The van der Waals surface area contributed by atoms with Crippen LogP contribution in [-0.4, -0.2) is 39.0 Å². The third-order valence-electron chi connectivity index (χ3n) is 3.56. The zero-order valence-electron chi connectivity index (χ0n) is 11.1. The molecule has 1 aromatic carbocycles. The molecular weight excluding hydrogens is 286 g/mol. The molecule has 19 heavy (non-hydrogen) atoms. The zero-order chi connectivity index (χ0) is 14.0. The Morgan fingerprint density at radius 2 is 2.21 bits per heavy atom. The summed E-state index contributed by atoms with van der Waals surface area (Å²) in [6, 6.07) is 5.01. The molecule has 1 aromatic rings. The summed E-state index contributed by atoms with van der Waals surface area (Å²) in [5.41, 5.74) is 1.85. The van der Waals surface area contributed by atoms with Crippen molar-refractivity contribution >= 4 is 21.6 Å². The van der Waals surface area contributed by atoms with E-state index in [-0.39, 0.29) is 6.04 Å². The Kier molecular flexibility index (Phi) is 4.50. The third kappa shape index (κ3) is 2.94. The molecule has 0 aliphatic carbocycles. The maximum atomic E-state index is 12.5. The molecule has 1 saturated heterocycles. The Labute approximate surface area is 119 Å². The fraction of sp³-hybridized carbons (Fsp3) is 0.538. The van der Waals surface area contributed by atoms with Crippen LogP contribution in [0.25, 0.3) is 0 Å². The Morgan fingerprint density at radius 1 is 1.47 bits per heavy atom. The molecule has 6 heteroatoms. The monoisotopic (exact) mass is 303 g/mol. The Morgan fingerprint density at radius 3 is 2.79 bits per heavy atom. The Bertz CT molecular complexity index is 553. The highest BCUT2D eigenvalue weighted by Gasteiger charge is 2.30. The molecule has 1 fully saturated rings. The molecule has 0 radical (unpaired) electrons. The highest BCUT2D eigenvalue weighted by atomic mass is 35.5. The van der Waals surface area contributed by atoms with Crippen LogP contribution in [0.15, 0.2) is 23.1 Å². The van der Waals surface area contributed by atoms with E-state index in [1.807, 2.05) is 6.92 Å². The number of aryl methyl sites for hydroxylation is 1. The van der Waals surface area contributed by atoms with Crippen LogP contribution in [0.3, 0.4) is 0 Å². The summed E-state index contributed by atoms with van der Waals surface area (Å²) < 4.78 is 31.7. The first kappa shape index (κ1) is 14.8. The van der Waals surface area contributed by atoms with Gasteiger partial charge in [-0.1, -0.05) is 6.07 Å². The molecule has 4 nitrogen and oxygen atoms in total. The lowest BCUT2D eigenvalue weighted by atomic mass is 10.1. The molecule has 0 spiro atoms. The summed E-state index contributed by atoms with van der Waals surface area (Å²) in [5, 5.41) is 0. The van der Waals surface area contributed by atoms with Crippen LogP contribution in [0, 0.1) is 6.92 Å². The highest BCUT2D eigenvalue weighted by molar-refractivity contribution is 7.89. The van der Waals surface area contributed by atoms with Crippen molar-refractivity contribution in [1.29, 1.82) is 0 Å². The molecule has 106 valence electrons. The molecule has 1 atom stereocenters. The van der Waals surface area contributed by atoms with E-state index in [0.29, 0.717) is 24.0 Å². The highest BCUT2D eigenvalue weighted by Crippen LogP contribution is 2.23. The molecule has 0 aromatic heterocycles. The summed E-state index contributed by atoms with van der Waals surface area (Å²) in [6.07, 6.45) is 0.740. The summed E-state index contributed by atoms with van der Waals surface area (Å²) in [5.74, 6) is 0.311. The molecule has 2 rings (SSSR count). The van der Waals surface area contributed by atoms with Gasteiger partial charge in [-0.3, -0.25) is 0 Å². The second kappa shape index (κ2) is 5.79. The van der Waals surface area contributed by atoms with Gasteiger partial charge in [-0.25, -0.2) is 8.42 Å². The normalized spacial score (nSPS) is 20.1. The maximum absolute atomic E-state index is 12.5. The number of alkyl halides is 1. The number of benzene rings is 1. The van der Waals surface area contributed by atoms with Crippen LogP contribution in [-0.2, 0) is 20.6 Å². The number of halogens is 1. The van der Waals surface area contributed by atoms with Crippen LogP contribution < -0.4 is 0 Å². The van der Waals surface area contributed by atoms with E-state index in [2.05, 4.69) is 0 Å². The lowest BCUT2D eigenvalue weighted by molar-refractivity contribution is 0.181. The molecule has 0 saturated carbocycles. The van der Waals surface area contributed by atoms with Gasteiger partial charge in [0.15, 0.2) is 0 Å². The van der Waals surface area contributed by atoms with Crippen molar-refractivity contribution in [3.8, 4) is 0 Å². The number of likely N-dealkylation sites (N-methyl/N-ethyl adjacent to an activating group) is 1. The van der Waals surface area contributed by atoms with Crippen molar-refractivity contribution in [3.63, 3.8) is 0 Å². The standard InChI is InChI=1S/C13H18ClNO3S/c1-10-3-4-13(7-11(10)8-14)19(16,17)15(2)12-5-6-18-9-12/h3-4,7,12H,5-6,8-9H2,1-2H3. The maximum Gasteiger partial charge on any atom is 0.243 e. The van der Waals surface area contributed by atoms with Crippen molar-refractivity contribution < 1.29 is 13.2 Å². The van der Waals surface area contributed by atoms with Crippen molar-refractivity contribution in [2.45, 2.75) is 30.2 Å². The fourth-order valence-corrected chi connectivity index (χ4v) is 3.83. The molecule has 0 N–H and O–H groups in total. The molecule has 0 amide bonds. The molecule has 0 bridgehead atoms. The SMILES string of the molecule is Cc1ccc(S(=O)(=O)N(C)C2CCOC2)cc1CCl. The van der Waals surface area contributed by atoms with Crippen molar-refractivity contribution in [3.05, 3.63) is 29.3 Å². The molecule has 1 aliphatic heterocycles. The van der Waals surface area contributed by atoms with Gasteiger partial charge in [0, 0.05) is 19.5 Å². The number of hydrogen-bond donors (Lipinski definition) is 0. The molecular formula is C13H18ClNO3S. The largest absolute Gasteiger partial charge is 0.380 e. The summed E-state index contributed by atoms with van der Waals surface area (Å²) in [4.78, 5) is 0.295. The quantitative estimate of drug-likeness (QED) is 0.801. The van der Waals surface area contributed by atoms with Gasteiger partial charge in [0.2, 0.25) is 10.0 Å². The average molecular weight is 304 g/mol. The van der Waals surface area contributed by atoms with Crippen molar-refractivity contribution in [2.24, 2.45) is 0 Å². The first-order chi connectivity index (χ1) is 8.96. The van der Waals surface area contributed by atoms with Crippen molar-refractivity contribution in [1.82, 2.24) is 4.31 Å². The van der Waals surface area contributed by atoms with E-state index in [0.717, 1.165) is 17.5 Å². The van der Waals surface area contributed by atoms with Gasteiger partial charge in [-0.2, -0.15) is 4.31 Å². The van der Waals surface area contributed by atoms with E-state index < -0.39 is 10.0 Å². The van der Waals surface area contributed by atoms with Gasteiger partial charge in [0.05, 0.1) is 17.5 Å². The topological polar surface area (TPSA) is 46.6 Å². The van der Waals surface area contributed by atoms with E-state index in [4.69, 9.17) is 16.3 Å². The number of nitrogens with zero attached hydrogens (tertiary/aromatic N) is 1. The number of hydrogen-bond acceptors (Lipinski definition) is 3. The fourth-order valence-electron chi connectivity index (χ4n) is 2.12. The lowest BCUT2D eigenvalue weighted by Crippen LogP contribution is -2.37. The van der Waals surface area contributed by atoms with Gasteiger partial charge in [0.25, 0.3) is 0 Å². The summed E-state index contributed by atoms with van der Waals surface area (Å²) >= 11 is 5.83. The minimum absolute atomic E-state index is 0.0780. The zero-order valence-corrected chi connectivity index (χ0v) is 12.7. The number of rotatable bonds is 4. The van der Waals surface area contributed by atoms with E-state index >= 15 is 0 Å². The van der Waals surface area contributed by atoms with Gasteiger partial charge >= 0.3 is 0 Å². The second-order valence-corrected chi connectivity index (χ2v) is 7.03. The van der Waals surface area contributed by atoms with E-state index in [9.17, 15) is 8.42 Å². The molecule has 1 aliphatic rings. The predicted octanol–water partition coefficient (Wildman–Crippen LogP) is 2.14. The predicted molar refractivity (Wildman–Crippen MR) is 74.9 cm³/mol. The Balaban J connectivity index is 2.33. The molecule has 1 heterocycles. The Hall–Kier alpha value is -0.620. The van der Waals surface area contributed by atoms with Crippen molar-refractivity contribution in [2.75, 3.05) is 20.3 Å². The minimum Gasteiger partial charge on any atom is -0.380 e. The van der Waals surface area contributed by atoms with Gasteiger partial charge < -0.3 is 4.74 Å². The third-order valence-corrected chi connectivity index (χ3v) is 5.76. The average Bonchev–Trinajstić information content (AvgIpc) is 2.91. The number of sulfonamides is 1. The van der Waals surface area contributed by atoms with Crippen LogP contribution >= 0.6 is 11.6 Å². The first-order valence-electron chi connectivity index (χ1n) is 6.18. The summed E-state index contributed by atoms with van der Waals surface area (Å²) in [7, 11) is -1.87. The first-order valence-corrected chi connectivity index (χ1v) is 8.15. The summed E-state index contributed by atoms with van der Waals surface area (Å²) in [6.45, 7) is 3.00.